The lowest BCUT2D eigenvalue weighted by molar-refractivity contribution is 0.0261. The Bertz CT molecular complexity index is 559. The van der Waals surface area contributed by atoms with E-state index < -0.39 is 0 Å². The molecule has 1 aromatic rings. The third-order valence-corrected chi connectivity index (χ3v) is 5.29. The first-order chi connectivity index (χ1) is 10.4. The van der Waals surface area contributed by atoms with Crippen LogP contribution in [-0.4, -0.2) is 49.9 Å². The summed E-state index contributed by atoms with van der Waals surface area (Å²) in [6, 6.07) is 5.02. The van der Waals surface area contributed by atoms with E-state index in [1.165, 1.54) is 24.9 Å². The molecule has 2 atom stereocenters. The van der Waals surface area contributed by atoms with Crippen molar-refractivity contribution in [3.05, 3.63) is 12.1 Å². The van der Waals surface area contributed by atoms with Crippen molar-refractivity contribution in [2.24, 2.45) is 5.92 Å². The fourth-order valence-electron chi connectivity index (χ4n) is 3.91. The highest BCUT2D eigenvalue weighted by Crippen LogP contribution is 2.38. The number of nitrogens with zero attached hydrogens (tertiary/aromatic N) is 3. The Balaban J connectivity index is 1.40. The van der Waals surface area contributed by atoms with E-state index in [0.29, 0.717) is 12.1 Å². The van der Waals surface area contributed by atoms with Crippen LogP contribution in [0.4, 0.5) is 17.3 Å². The zero-order chi connectivity index (χ0) is 13.8. The molecule has 1 N–H and O–H groups in total. The van der Waals surface area contributed by atoms with Gasteiger partial charge in [-0.25, -0.2) is 4.98 Å². The molecular formula is C16H22N4O. The van der Waals surface area contributed by atoms with Gasteiger partial charge in [0.05, 0.1) is 18.4 Å². The molecular weight excluding hydrogens is 264 g/mol. The first-order valence-electron chi connectivity index (χ1n) is 8.26. The molecule has 1 aromatic heterocycles. The van der Waals surface area contributed by atoms with E-state index >= 15 is 0 Å². The third-order valence-electron chi connectivity index (χ3n) is 5.29. The number of hydrogen-bond donors (Lipinski definition) is 1. The molecule has 0 amide bonds. The van der Waals surface area contributed by atoms with Gasteiger partial charge in [0.1, 0.15) is 5.82 Å². The monoisotopic (exact) mass is 286 g/mol. The van der Waals surface area contributed by atoms with Gasteiger partial charge in [0, 0.05) is 32.2 Å². The number of fused-ring (bicyclic) bond motifs is 4. The molecule has 112 valence electrons. The summed E-state index contributed by atoms with van der Waals surface area (Å²) in [5.74, 6) is 2.99. The second kappa shape index (κ2) is 4.50. The highest BCUT2D eigenvalue weighted by atomic mass is 16.5. The number of aromatic nitrogens is 1. The van der Waals surface area contributed by atoms with Crippen molar-refractivity contribution in [1.82, 2.24) is 4.98 Å². The molecule has 21 heavy (non-hydrogen) atoms. The quantitative estimate of drug-likeness (QED) is 0.896. The molecule has 4 aliphatic rings. The molecule has 0 aromatic carbocycles. The number of hydrogen-bond acceptors (Lipinski definition) is 5. The van der Waals surface area contributed by atoms with E-state index in [0.717, 1.165) is 50.3 Å². The molecule has 0 radical (unpaired) electrons. The Morgan fingerprint density at radius 1 is 1.10 bits per heavy atom. The summed E-state index contributed by atoms with van der Waals surface area (Å²) in [6.07, 6.45) is 4.33. The van der Waals surface area contributed by atoms with Crippen molar-refractivity contribution in [3.8, 4) is 0 Å². The summed E-state index contributed by atoms with van der Waals surface area (Å²) in [5.41, 5.74) is 1.28. The highest BCUT2D eigenvalue weighted by Gasteiger charge is 2.36. The van der Waals surface area contributed by atoms with Crippen molar-refractivity contribution in [3.63, 3.8) is 0 Å². The Hall–Kier alpha value is -1.49. The van der Waals surface area contributed by atoms with E-state index in [-0.39, 0.29) is 0 Å². The van der Waals surface area contributed by atoms with Crippen molar-refractivity contribution in [1.29, 1.82) is 0 Å². The van der Waals surface area contributed by atoms with E-state index in [4.69, 9.17) is 9.72 Å². The minimum atomic E-state index is 0.421. The number of anilines is 3. The molecule has 4 heterocycles. The highest BCUT2D eigenvalue weighted by molar-refractivity contribution is 5.72. The molecule has 2 bridgehead atoms. The van der Waals surface area contributed by atoms with Crippen LogP contribution in [0.2, 0.25) is 0 Å². The number of morpholine rings is 1. The van der Waals surface area contributed by atoms with Crippen LogP contribution in [0.5, 0.6) is 0 Å². The third kappa shape index (κ3) is 2.06. The van der Waals surface area contributed by atoms with Crippen molar-refractivity contribution in [2.45, 2.75) is 31.4 Å². The van der Waals surface area contributed by atoms with Gasteiger partial charge in [-0.05, 0) is 37.3 Å². The molecule has 1 saturated carbocycles. The van der Waals surface area contributed by atoms with E-state index in [9.17, 15) is 0 Å². The predicted octanol–water partition coefficient (Wildman–Crippen LogP) is 1.70. The summed E-state index contributed by atoms with van der Waals surface area (Å²) in [7, 11) is 0. The average molecular weight is 286 g/mol. The molecule has 0 spiro atoms. The zero-order valence-electron chi connectivity index (χ0n) is 12.3. The van der Waals surface area contributed by atoms with Crippen LogP contribution in [0.25, 0.3) is 0 Å². The first-order valence-corrected chi connectivity index (χ1v) is 8.26. The van der Waals surface area contributed by atoms with Gasteiger partial charge in [-0.15, -0.1) is 0 Å². The van der Waals surface area contributed by atoms with Crippen LogP contribution in [-0.2, 0) is 4.74 Å². The van der Waals surface area contributed by atoms with E-state index in [1.54, 1.807) is 0 Å². The van der Waals surface area contributed by atoms with Crippen LogP contribution >= 0.6 is 0 Å². The summed E-state index contributed by atoms with van der Waals surface area (Å²) >= 11 is 0. The molecule has 3 fully saturated rings. The summed E-state index contributed by atoms with van der Waals surface area (Å²) in [6.45, 7) is 5.09. The average Bonchev–Trinajstić information content (AvgIpc) is 3.31. The number of pyridine rings is 1. The molecule has 5 rings (SSSR count). The van der Waals surface area contributed by atoms with Gasteiger partial charge in [0.2, 0.25) is 0 Å². The Kier molecular flexibility index (Phi) is 2.59. The maximum Gasteiger partial charge on any atom is 0.152 e. The molecule has 1 aliphatic carbocycles. The van der Waals surface area contributed by atoms with Crippen molar-refractivity contribution < 1.29 is 4.74 Å². The van der Waals surface area contributed by atoms with E-state index in [2.05, 4.69) is 27.2 Å². The van der Waals surface area contributed by atoms with Crippen LogP contribution < -0.4 is 15.1 Å². The largest absolute Gasteiger partial charge is 0.374 e. The standard InChI is InChI=1S/C16H22N4O/c1-2-11(1)14-10-20(7-8-21-14)15-4-3-13-16(18-15)17-12-5-6-19(13)9-12/h3-4,11-12,14H,1-2,5-10H2,(H,17,18). The van der Waals surface area contributed by atoms with E-state index in [1.807, 2.05) is 0 Å². The smallest absolute Gasteiger partial charge is 0.152 e. The van der Waals surface area contributed by atoms with Crippen LogP contribution in [0.3, 0.4) is 0 Å². The number of ether oxygens (including phenoxy) is 1. The summed E-state index contributed by atoms with van der Waals surface area (Å²) in [4.78, 5) is 9.77. The number of nitrogens with one attached hydrogen (secondary N) is 1. The lowest BCUT2D eigenvalue weighted by Crippen LogP contribution is -2.44. The molecule has 5 heteroatoms. The van der Waals surface area contributed by atoms with Crippen molar-refractivity contribution >= 4 is 17.3 Å². The van der Waals surface area contributed by atoms with Crippen molar-refractivity contribution in [2.75, 3.05) is 47.9 Å². The molecule has 5 nitrogen and oxygen atoms in total. The normalized spacial score (nSPS) is 31.0. The van der Waals surface area contributed by atoms with Gasteiger partial charge in [-0.1, -0.05) is 0 Å². The fourth-order valence-corrected chi connectivity index (χ4v) is 3.91. The van der Waals surface area contributed by atoms with Gasteiger partial charge in [0.15, 0.2) is 5.82 Å². The first kappa shape index (κ1) is 12.1. The maximum absolute atomic E-state index is 5.92. The zero-order valence-corrected chi connectivity index (χ0v) is 12.3. The van der Waals surface area contributed by atoms with Crippen LogP contribution in [0.1, 0.15) is 19.3 Å². The van der Waals surface area contributed by atoms with Gasteiger partial charge >= 0.3 is 0 Å². The van der Waals surface area contributed by atoms with Crippen LogP contribution in [0, 0.1) is 5.92 Å². The Labute approximate surface area is 125 Å². The minimum Gasteiger partial charge on any atom is -0.374 e. The van der Waals surface area contributed by atoms with Gasteiger partial charge in [-0.2, -0.15) is 0 Å². The molecule has 2 saturated heterocycles. The predicted molar refractivity (Wildman–Crippen MR) is 83.2 cm³/mol. The lowest BCUT2D eigenvalue weighted by atomic mass is 10.2. The Morgan fingerprint density at radius 2 is 2.05 bits per heavy atom. The van der Waals surface area contributed by atoms with Crippen LogP contribution in [0.15, 0.2) is 12.1 Å². The Morgan fingerprint density at radius 3 is 2.95 bits per heavy atom. The maximum atomic E-state index is 5.92. The van der Waals surface area contributed by atoms with Gasteiger partial charge in [-0.3, -0.25) is 0 Å². The SMILES string of the molecule is c1cc2c(nc1N1CCOC(C3CC3)C1)NC1CCN2C1. The topological polar surface area (TPSA) is 40.6 Å². The second-order valence-corrected chi connectivity index (χ2v) is 6.81. The summed E-state index contributed by atoms with van der Waals surface area (Å²) < 4.78 is 5.92. The van der Waals surface area contributed by atoms with Gasteiger partial charge < -0.3 is 19.9 Å². The molecule has 3 aliphatic heterocycles. The lowest BCUT2D eigenvalue weighted by Gasteiger charge is -2.35. The van der Waals surface area contributed by atoms with Gasteiger partial charge in [0.25, 0.3) is 0 Å². The molecule has 2 unspecified atom stereocenters. The number of rotatable bonds is 2. The fraction of sp³-hybridized carbons (Fsp3) is 0.688. The summed E-state index contributed by atoms with van der Waals surface area (Å²) in [5, 5.41) is 3.60. The second-order valence-electron chi connectivity index (χ2n) is 6.81. The minimum absolute atomic E-state index is 0.421.